The number of fused-ring (bicyclic) bond motifs is 1. The van der Waals surface area contributed by atoms with Crippen LogP contribution in [0, 0.1) is 6.92 Å². The van der Waals surface area contributed by atoms with E-state index in [2.05, 4.69) is 41.7 Å². The highest BCUT2D eigenvalue weighted by atomic mass is 15.0. The molecule has 0 bridgehead atoms. The van der Waals surface area contributed by atoms with Crippen molar-refractivity contribution >= 4 is 11.0 Å². The van der Waals surface area contributed by atoms with Gasteiger partial charge in [-0.3, -0.25) is 0 Å². The Balaban J connectivity index is 2.39. The van der Waals surface area contributed by atoms with E-state index in [1.807, 2.05) is 6.92 Å². The molecule has 0 aliphatic heterocycles. The van der Waals surface area contributed by atoms with Gasteiger partial charge in [0, 0.05) is 7.05 Å². The lowest BCUT2D eigenvalue weighted by Gasteiger charge is -2.00. The topological polar surface area (TPSA) is 17.8 Å². The van der Waals surface area contributed by atoms with Crippen LogP contribution in [0.5, 0.6) is 0 Å². The third-order valence-corrected chi connectivity index (χ3v) is 2.99. The van der Waals surface area contributed by atoms with Gasteiger partial charge in [-0.05, 0) is 37.5 Å². The quantitative estimate of drug-likeness (QED) is 0.747. The molecule has 0 unspecified atom stereocenters. The molecule has 80 valence electrons. The molecule has 15 heavy (non-hydrogen) atoms. The first kappa shape index (κ1) is 10.2. The van der Waals surface area contributed by atoms with Crippen LogP contribution >= 0.6 is 0 Å². The lowest BCUT2D eigenvalue weighted by molar-refractivity contribution is 0.795. The summed E-state index contributed by atoms with van der Waals surface area (Å²) in [6.07, 6.45) is 3.68. The zero-order valence-electron chi connectivity index (χ0n) is 9.75. The Kier molecular flexibility index (Phi) is 2.76. The molecule has 0 saturated carbocycles. The Labute approximate surface area is 90.9 Å². The van der Waals surface area contributed by atoms with Crippen molar-refractivity contribution in [3.05, 3.63) is 29.6 Å². The standard InChI is InChI=1S/C13H18N2/c1-4-5-6-11-7-8-13-12(9-11)14-10(2)15(13)3/h7-9H,4-6H2,1-3H3. The lowest BCUT2D eigenvalue weighted by atomic mass is 10.1. The lowest BCUT2D eigenvalue weighted by Crippen LogP contribution is -1.90. The van der Waals surface area contributed by atoms with Crippen molar-refractivity contribution in [1.29, 1.82) is 0 Å². The van der Waals surface area contributed by atoms with E-state index >= 15 is 0 Å². The Morgan fingerprint density at radius 3 is 2.87 bits per heavy atom. The minimum atomic E-state index is 1.08. The molecule has 0 N–H and O–H groups in total. The highest BCUT2D eigenvalue weighted by Gasteiger charge is 2.04. The Bertz CT molecular complexity index is 469. The van der Waals surface area contributed by atoms with Crippen LogP contribution in [0.4, 0.5) is 0 Å². The minimum Gasteiger partial charge on any atom is -0.331 e. The van der Waals surface area contributed by atoms with Gasteiger partial charge in [-0.25, -0.2) is 4.98 Å². The molecule has 2 rings (SSSR count). The largest absolute Gasteiger partial charge is 0.331 e. The number of benzene rings is 1. The maximum Gasteiger partial charge on any atom is 0.106 e. The van der Waals surface area contributed by atoms with E-state index in [1.165, 1.54) is 30.3 Å². The molecule has 0 amide bonds. The van der Waals surface area contributed by atoms with Crippen LogP contribution in [0.2, 0.25) is 0 Å². The third kappa shape index (κ3) is 1.89. The van der Waals surface area contributed by atoms with Gasteiger partial charge in [0.05, 0.1) is 11.0 Å². The van der Waals surface area contributed by atoms with E-state index in [9.17, 15) is 0 Å². The number of aromatic nitrogens is 2. The number of nitrogens with zero attached hydrogens (tertiary/aromatic N) is 2. The van der Waals surface area contributed by atoms with Gasteiger partial charge in [-0.15, -0.1) is 0 Å². The molecule has 0 fully saturated rings. The predicted octanol–water partition coefficient (Wildman–Crippen LogP) is 3.22. The summed E-state index contributed by atoms with van der Waals surface area (Å²) in [5.41, 5.74) is 3.76. The smallest absolute Gasteiger partial charge is 0.106 e. The van der Waals surface area contributed by atoms with Gasteiger partial charge in [-0.2, -0.15) is 0 Å². The summed E-state index contributed by atoms with van der Waals surface area (Å²) in [6, 6.07) is 6.62. The molecule has 0 radical (unpaired) electrons. The monoisotopic (exact) mass is 202 g/mol. The summed E-state index contributed by atoms with van der Waals surface area (Å²) in [5, 5.41) is 0. The van der Waals surface area contributed by atoms with Crippen molar-refractivity contribution < 1.29 is 0 Å². The maximum atomic E-state index is 4.54. The molecule has 2 heteroatoms. The average Bonchev–Trinajstić information content (AvgIpc) is 2.52. The van der Waals surface area contributed by atoms with Crippen molar-refractivity contribution in [3.8, 4) is 0 Å². The normalized spacial score (nSPS) is 11.1. The van der Waals surface area contributed by atoms with E-state index in [0.717, 1.165) is 11.3 Å². The van der Waals surface area contributed by atoms with Gasteiger partial charge in [-0.1, -0.05) is 19.4 Å². The van der Waals surface area contributed by atoms with E-state index < -0.39 is 0 Å². The van der Waals surface area contributed by atoms with Crippen LogP contribution in [0.1, 0.15) is 31.2 Å². The molecule has 1 aromatic heterocycles. The first-order valence-corrected chi connectivity index (χ1v) is 5.64. The predicted molar refractivity (Wildman–Crippen MR) is 64.1 cm³/mol. The number of rotatable bonds is 3. The first-order chi connectivity index (χ1) is 7.22. The van der Waals surface area contributed by atoms with Crippen LogP contribution in [-0.2, 0) is 13.5 Å². The Morgan fingerprint density at radius 2 is 2.13 bits per heavy atom. The maximum absolute atomic E-state index is 4.54. The van der Waals surface area contributed by atoms with Crippen LogP contribution in [0.15, 0.2) is 18.2 Å². The molecule has 0 atom stereocenters. The number of aryl methyl sites for hydroxylation is 3. The summed E-state index contributed by atoms with van der Waals surface area (Å²) in [4.78, 5) is 4.54. The summed E-state index contributed by atoms with van der Waals surface area (Å²) in [7, 11) is 2.07. The summed E-state index contributed by atoms with van der Waals surface area (Å²) in [5.74, 6) is 1.08. The molecular formula is C13H18N2. The van der Waals surface area contributed by atoms with Gasteiger partial charge in [0.25, 0.3) is 0 Å². The Hall–Kier alpha value is -1.31. The van der Waals surface area contributed by atoms with E-state index in [4.69, 9.17) is 0 Å². The average molecular weight is 202 g/mol. The first-order valence-electron chi connectivity index (χ1n) is 5.64. The number of hydrogen-bond donors (Lipinski definition) is 0. The molecule has 0 saturated heterocycles. The van der Waals surface area contributed by atoms with Crippen molar-refractivity contribution in [1.82, 2.24) is 9.55 Å². The number of hydrogen-bond acceptors (Lipinski definition) is 1. The zero-order chi connectivity index (χ0) is 10.8. The molecule has 1 heterocycles. The SMILES string of the molecule is CCCCc1ccc2c(c1)nc(C)n2C. The Morgan fingerprint density at radius 1 is 1.33 bits per heavy atom. The fourth-order valence-corrected chi connectivity index (χ4v) is 1.90. The number of imidazole rings is 1. The van der Waals surface area contributed by atoms with Crippen molar-refractivity contribution in [2.45, 2.75) is 33.1 Å². The molecule has 0 aliphatic rings. The molecule has 0 spiro atoms. The molecule has 2 nitrogen and oxygen atoms in total. The van der Waals surface area contributed by atoms with Crippen molar-refractivity contribution in [2.75, 3.05) is 0 Å². The molecule has 0 aliphatic carbocycles. The minimum absolute atomic E-state index is 1.08. The summed E-state index contributed by atoms with van der Waals surface area (Å²) < 4.78 is 2.14. The fourth-order valence-electron chi connectivity index (χ4n) is 1.90. The van der Waals surface area contributed by atoms with Gasteiger partial charge in [0.2, 0.25) is 0 Å². The van der Waals surface area contributed by atoms with E-state index in [1.54, 1.807) is 0 Å². The second-order valence-corrected chi connectivity index (χ2v) is 4.14. The zero-order valence-corrected chi connectivity index (χ0v) is 9.75. The molecular weight excluding hydrogens is 184 g/mol. The van der Waals surface area contributed by atoms with Crippen molar-refractivity contribution in [3.63, 3.8) is 0 Å². The molecule has 2 aromatic rings. The van der Waals surface area contributed by atoms with E-state index in [-0.39, 0.29) is 0 Å². The van der Waals surface area contributed by atoms with Crippen molar-refractivity contribution in [2.24, 2.45) is 7.05 Å². The second-order valence-electron chi connectivity index (χ2n) is 4.14. The summed E-state index contributed by atoms with van der Waals surface area (Å²) in [6.45, 7) is 4.27. The number of unbranched alkanes of at least 4 members (excludes halogenated alkanes) is 1. The van der Waals surface area contributed by atoms with Gasteiger partial charge >= 0.3 is 0 Å². The van der Waals surface area contributed by atoms with Crippen LogP contribution in [0.3, 0.4) is 0 Å². The third-order valence-electron chi connectivity index (χ3n) is 2.99. The van der Waals surface area contributed by atoms with Crippen LogP contribution in [-0.4, -0.2) is 9.55 Å². The van der Waals surface area contributed by atoms with Crippen LogP contribution < -0.4 is 0 Å². The van der Waals surface area contributed by atoms with E-state index in [0.29, 0.717) is 0 Å². The second kappa shape index (κ2) is 4.05. The summed E-state index contributed by atoms with van der Waals surface area (Å²) >= 11 is 0. The molecule has 1 aromatic carbocycles. The van der Waals surface area contributed by atoms with Gasteiger partial charge in [0.15, 0.2) is 0 Å². The highest BCUT2D eigenvalue weighted by Crippen LogP contribution is 2.17. The highest BCUT2D eigenvalue weighted by molar-refractivity contribution is 5.76. The fraction of sp³-hybridized carbons (Fsp3) is 0.462. The van der Waals surface area contributed by atoms with Gasteiger partial charge in [0.1, 0.15) is 5.82 Å². The van der Waals surface area contributed by atoms with Crippen LogP contribution in [0.25, 0.3) is 11.0 Å². The van der Waals surface area contributed by atoms with Gasteiger partial charge < -0.3 is 4.57 Å².